The van der Waals surface area contributed by atoms with Gasteiger partial charge >= 0.3 is 0 Å². The van der Waals surface area contributed by atoms with Gasteiger partial charge in [-0.2, -0.15) is 0 Å². The number of rotatable bonds is 5. The van der Waals surface area contributed by atoms with Gasteiger partial charge in [-0.05, 0) is 41.0 Å². The molecule has 0 saturated heterocycles. The fourth-order valence-corrected chi connectivity index (χ4v) is 4.36. The third kappa shape index (κ3) is 4.27. The summed E-state index contributed by atoms with van der Waals surface area (Å²) < 4.78 is 0. The molecule has 2 aromatic carbocycles. The van der Waals surface area contributed by atoms with Crippen molar-refractivity contribution in [2.45, 2.75) is 38.5 Å². The number of benzene rings is 2. The van der Waals surface area contributed by atoms with Gasteiger partial charge in [0, 0.05) is 32.1 Å². The van der Waals surface area contributed by atoms with Crippen LogP contribution in [0.3, 0.4) is 0 Å². The minimum absolute atomic E-state index is 0. The molecule has 0 amide bonds. The molecule has 0 nitrogen and oxygen atoms in total. The first-order valence-corrected chi connectivity index (χ1v) is 8.94. The summed E-state index contributed by atoms with van der Waals surface area (Å²) >= 11 is 0. The molecule has 4 rings (SSSR count). The number of hydrogen-bond acceptors (Lipinski definition) is 0. The molecule has 0 N–H and O–H groups in total. The van der Waals surface area contributed by atoms with Crippen LogP contribution in [0, 0.1) is 5.92 Å². The van der Waals surface area contributed by atoms with Crippen molar-refractivity contribution in [3.63, 3.8) is 0 Å². The van der Waals surface area contributed by atoms with E-state index in [9.17, 15) is 0 Å². The molecule has 0 radical (unpaired) electrons. The van der Waals surface area contributed by atoms with E-state index in [2.05, 4.69) is 73.7 Å². The Morgan fingerprint density at radius 3 is 2.00 bits per heavy atom. The van der Waals surface area contributed by atoms with Crippen molar-refractivity contribution in [1.82, 2.24) is 0 Å². The second-order valence-corrected chi connectivity index (χ2v) is 6.77. The first kappa shape index (κ1) is 23.4. The van der Waals surface area contributed by atoms with Gasteiger partial charge in [0.1, 0.15) is 0 Å². The molecule has 26 heavy (non-hydrogen) atoms. The van der Waals surface area contributed by atoms with Crippen LogP contribution in [-0.2, 0) is 26.2 Å². The summed E-state index contributed by atoms with van der Waals surface area (Å²) in [5.74, 6) is 1.16. The van der Waals surface area contributed by atoms with Crippen molar-refractivity contribution in [2.75, 3.05) is 0 Å². The molecule has 0 aromatic heterocycles. The van der Waals surface area contributed by atoms with Crippen LogP contribution in [0.5, 0.6) is 0 Å². The minimum Gasteiger partial charge on any atom is -0.147 e. The topological polar surface area (TPSA) is 0 Å². The maximum Gasteiger partial charge on any atom is 0.0167 e. The smallest absolute Gasteiger partial charge is 0.0167 e. The number of halogens is 2. The van der Waals surface area contributed by atoms with E-state index in [1.54, 1.807) is 5.57 Å². The molecule has 3 heteroatoms. The van der Waals surface area contributed by atoms with Crippen LogP contribution in [0.1, 0.15) is 49.7 Å². The van der Waals surface area contributed by atoms with Crippen LogP contribution in [0.4, 0.5) is 0 Å². The maximum atomic E-state index is 2.36. The number of hydrogen-bond donors (Lipinski definition) is 0. The molecule has 0 saturated carbocycles. The average molecular weight is 465 g/mol. The van der Waals surface area contributed by atoms with E-state index in [0.29, 0.717) is 11.8 Å². The Morgan fingerprint density at radius 2 is 1.50 bits per heavy atom. The van der Waals surface area contributed by atoms with Crippen molar-refractivity contribution in [3.8, 4) is 11.1 Å². The molecule has 0 spiro atoms. The van der Waals surface area contributed by atoms with Crippen LogP contribution in [0.2, 0.25) is 0 Å². The van der Waals surface area contributed by atoms with Crippen molar-refractivity contribution >= 4 is 24.8 Å². The zero-order valence-corrected chi connectivity index (χ0v) is 19.2. The van der Waals surface area contributed by atoms with Crippen molar-refractivity contribution < 1.29 is 26.2 Å². The normalized spacial score (nSPS) is 15.0. The van der Waals surface area contributed by atoms with Crippen LogP contribution in [0.25, 0.3) is 11.1 Å². The van der Waals surface area contributed by atoms with Crippen LogP contribution in [-0.4, -0.2) is 0 Å². The van der Waals surface area contributed by atoms with E-state index in [1.165, 1.54) is 41.5 Å². The number of fused-ring (bicyclic) bond motifs is 3. The van der Waals surface area contributed by atoms with Gasteiger partial charge in [0.25, 0.3) is 0 Å². The Kier molecular flexibility index (Phi) is 9.59. The van der Waals surface area contributed by atoms with E-state index in [0.717, 1.165) is 6.42 Å². The molecule has 0 aliphatic heterocycles. The van der Waals surface area contributed by atoms with Crippen molar-refractivity contribution in [2.24, 2.45) is 5.92 Å². The molecule has 0 heterocycles. The van der Waals surface area contributed by atoms with Gasteiger partial charge in [-0.1, -0.05) is 92.1 Å². The predicted molar refractivity (Wildman–Crippen MR) is 113 cm³/mol. The summed E-state index contributed by atoms with van der Waals surface area (Å²) in [6.07, 6.45) is 11.9. The Morgan fingerprint density at radius 1 is 0.923 bits per heavy atom. The largest absolute Gasteiger partial charge is 0.147 e. The number of allylic oxidation sites excluding steroid dienone is 4. The summed E-state index contributed by atoms with van der Waals surface area (Å²) in [7, 11) is 0. The second kappa shape index (κ2) is 10.6. The first-order valence-electron chi connectivity index (χ1n) is 8.94. The van der Waals surface area contributed by atoms with Gasteiger partial charge in [-0.25, -0.2) is 0 Å². The standard InChI is InChI=1S/C23H24.2ClH.Zr/c1-2-3-12-18(17-10-4-5-11-17)23-21-15-8-6-13-19(21)20-14-7-9-16-22(20)23;;;/h4-10,13-16,18,23H,2-3,11-12H2,1H3;2*1H;. The third-order valence-corrected chi connectivity index (χ3v) is 5.43. The summed E-state index contributed by atoms with van der Waals surface area (Å²) in [5.41, 5.74) is 7.57. The van der Waals surface area contributed by atoms with Crippen LogP contribution < -0.4 is 0 Å². The van der Waals surface area contributed by atoms with Gasteiger partial charge in [0.15, 0.2) is 0 Å². The Hall–Kier alpha value is -0.617. The van der Waals surface area contributed by atoms with Gasteiger partial charge in [-0.3, -0.25) is 0 Å². The molecule has 2 aromatic rings. The van der Waals surface area contributed by atoms with E-state index in [4.69, 9.17) is 0 Å². The monoisotopic (exact) mass is 462 g/mol. The molecular weight excluding hydrogens is 438 g/mol. The summed E-state index contributed by atoms with van der Waals surface area (Å²) in [6.45, 7) is 2.30. The maximum absolute atomic E-state index is 2.36. The average Bonchev–Trinajstić information content (AvgIpc) is 3.23. The van der Waals surface area contributed by atoms with E-state index in [-0.39, 0.29) is 51.0 Å². The zero-order valence-electron chi connectivity index (χ0n) is 15.2. The summed E-state index contributed by atoms with van der Waals surface area (Å²) in [5, 5.41) is 0. The third-order valence-electron chi connectivity index (χ3n) is 5.43. The minimum atomic E-state index is 0. The second-order valence-electron chi connectivity index (χ2n) is 6.77. The molecule has 1 unspecified atom stereocenters. The number of unbranched alkanes of at least 4 members (excludes halogenated alkanes) is 1. The van der Waals surface area contributed by atoms with Crippen molar-refractivity contribution in [1.29, 1.82) is 0 Å². The Bertz CT molecular complexity index is 734. The first-order chi connectivity index (χ1) is 11.4. The van der Waals surface area contributed by atoms with E-state index in [1.807, 2.05) is 0 Å². The molecule has 1 atom stereocenters. The summed E-state index contributed by atoms with van der Waals surface area (Å²) in [6, 6.07) is 18.1. The molecule has 136 valence electrons. The van der Waals surface area contributed by atoms with E-state index < -0.39 is 0 Å². The molecule has 2 aliphatic rings. The summed E-state index contributed by atoms with van der Waals surface area (Å²) in [4.78, 5) is 0. The van der Waals surface area contributed by atoms with Gasteiger partial charge in [-0.15, -0.1) is 24.8 Å². The molecule has 0 bridgehead atoms. The van der Waals surface area contributed by atoms with Gasteiger partial charge < -0.3 is 0 Å². The Balaban J connectivity index is 0.00000113. The van der Waals surface area contributed by atoms with Crippen LogP contribution >= 0.6 is 24.8 Å². The van der Waals surface area contributed by atoms with E-state index >= 15 is 0 Å². The predicted octanol–water partition coefficient (Wildman–Crippen LogP) is 7.33. The fourth-order valence-electron chi connectivity index (χ4n) is 4.36. The fraction of sp³-hybridized carbons (Fsp3) is 0.304. The van der Waals surface area contributed by atoms with Crippen LogP contribution in [0.15, 0.2) is 72.3 Å². The van der Waals surface area contributed by atoms with Crippen molar-refractivity contribution in [3.05, 3.63) is 83.5 Å². The Labute approximate surface area is 189 Å². The molecule has 0 fully saturated rings. The molecular formula is C23H26Cl2Zr. The van der Waals surface area contributed by atoms with Gasteiger partial charge in [0.05, 0.1) is 0 Å². The zero-order chi connectivity index (χ0) is 15.6. The SMILES string of the molecule is CCCCC(C1=CC=CC1)C1c2ccccc2-c2ccccc21.Cl.Cl.[Zr]. The quantitative estimate of drug-likeness (QED) is 0.434. The van der Waals surface area contributed by atoms with Gasteiger partial charge in [0.2, 0.25) is 0 Å². The molecule has 2 aliphatic carbocycles.